The number of nitrogens with zero attached hydrogens (tertiary/aromatic N) is 3. The molecule has 1 aliphatic rings. The van der Waals surface area contributed by atoms with Crippen molar-refractivity contribution in [1.82, 2.24) is 15.6 Å². The molecular weight excluding hydrogens is 500 g/mol. The molecule has 0 bridgehead atoms. The summed E-state index contributed by atoms with van der Waals surface area (Å²) >= 11 is 1.74. The average Bonchev–Trinajstić information content (AvgIpc) is 3.35. The number of aliphatic imine (C=N–C) groups is 1. The van der Waals surface area contributed by atoms with E-state index in [1.165, 1.54) is 18.9 Å². The minimum absolute atomic E-state index is 0. The average molecular weight is 531 g/mol. The zero-order chi connectivity index (χ0) is 19.8. The van der Waals surface area contributed by atoms with Crippen molar-refractivity contribution in [3.05, 3.63) is 46.2 Å². The molecule has 1 aromatic carbocycles. The number of thiazole rings is 1. The van der Waals surface area contributed by atoms with E-state index in [0.717, 1.165) is 66.9 Å². The highest BCUT2D eigenvalue weighted by Gasteiger charge is 2.15. The summed E-state index contributed by atoms with van der Waals surface area (Å²) in [7, 11) is 0. The SMILES string of the molecule is CCNC(=NCCc1csc(N2CCCC2)n1)NCCc1ccc(F)cc1C.I. The Morgan fingerprint density at radius 2 is 2.03 bits per heavy atom. The van der Waals surface area contributed by atoms with Gasteiger partial charge in [-0.2, -0.15) is 0 Å². The summed E-state index contributed by atoms with van der Waals surface area (Å²) in [6.45, 7) is 8.55. The van der Waals surface area contributed by atoms with Gasteiger partial charge in [0, 0.05) is 44.5 Å². The monoisotopic (exact) mass is 531 g/mol. The largest absolute Gasteiger partial charge is 0.357 e. The molecule has 2 N–H and O–H groups in total. The third-order valence-corrected chi connectivity index (χ3v) is 5.84. The third-order valence-electron chi connectivity index (χ3n) is 4.89. The Bertz CT molecular complexity index is 789. The molecule has 0 aliphatic carbocycles. The number of hydrogen-bond donors (Lipinski definition) is 2. The quantitative estimate of drug-likeness (QED) is 0.306. The molecule has 1 aromatic heterocycles. The summed E-state index contributed by atoms with van der Waals surface area (Å²) in [5, 5.41) is 9.95. The first-order valence-electron chi connectivity index (χ1n) is 10.1. The highest BCUT2D eigenvalue weighted by Crippen LogP contribution is 2.24. The van der Waals surface area contributed by atoms with E-state index in [1.807, 2.05) is 13.0 Å². The summed E-state index contributed by atoms with van der Waals surface area (Å²) in [4.78, 5) is 11.8. The van der Waals surface area contributed by atoms with E-state index < -0.39 is 0 Å². The Morgan fingerprint density at radius 1 is 1.24 bits per heavy atom. The van der Waals surface area contributed by atoms with E-state index in [1.54, 1.807) is 17.4 Å². The molecule has 0 spiro atoms. The number of halogens is 2. The number of guanidine groups is 1. The molecule has 0 atom stereocenters. The Morgan fingerprint density at radius 3 is 2.76 bits per heavy atom. The van der Waals surface area contributed by atoms with Gasteiger partial charge in [-0.05, 0) is 56.4 Å². The van der Waals surface area contributed by atoms with Gasteiger partial charge in [0.1, 0.15) is 5.82 Å². The van der Waals surface area contributed by atoms with E-state index in [4.69, 9.17) is 4.98 Å². The molecule has 0 saturated carbocycles. The van der Waals surface area contributed by atoms with Crippen LogP contribution in [-0.4, -0.2) is 43.7 Å². The van der Waals surface area contributed by atoms with Crippen LogP contribution in [0.1, 0.15) is 36.6 Å². The molecule has 5 nitrogen and oxygen atoms in total. The minimum atomic E-state index is -0.181. The van der Waals surface area contributed by atoms with Crippen LogP contribution in [0, 0.1) is 12.7 Å². The lowest BCUT2D eigenvalue weighted by Crippen LogP contribution is -2.38. The third kappa shape index (κ3) is 7.40. The summed E-state index contributed by atoms with van der Waals surface area (Å²) in [6.07, 6.45) is 4.22. The van der Waals surface area contributed by atoms with Crippen LogP contribution in [0.3, 0.4) is 0 Å². The second kappa shape index (κ2) is 12.3. The van der Waals surface area contributed by atoms with E-state index in [0.29, 0.717) is 6.54 Å². The van der Waals surface area contributed by atoms with Crippen LogP contribution in [0.2, 0.25) is 0 Å². The first-order valence-corrected chi connectivity index (χ1v) is 11.0. The number of aromatic nitrogens is 1. The Labute approximate surface area is 194 Å². The lowest BCUT2D eigenvalue weighted by molar-refractivity contribution is 0.625. The second-order valence-electron chi connectivity index (χ2n) is 7.07. The topological polar surface area (TPSA) is 52.6 Å². The number of nitrogens with one attached hydrogen (secondary N) is 2. The number of anilines is 1. The van der Waals surface area contributed by atoms with Crippen molar-refractivity contribution in [3.8, 4) is 0 Å². The lowest BCUT2D eigenvalue weighted by atomic mass is 10.1. The zero-order valence-corrected chi connectivity index (χ0v) is 20.4. The van der Waals surface area contributed by atoms with E-state index in [9.17, 15) is 4.39 Å². The van der Waals surface area contributed by atoms with Crippen LogP contribution in [-0.2, 0) is 12.8 Å². The Hall–Kier alpha value is -1.42. The minimum Gasteiger partial charge on any atom is -0.357 e. The van der Waals surface area contributed by atoms with Crippen molar-refractivity contribution in [2.24, 2.45) is 4.99 Å². The molecule has 2 aromatic rings. The number of hydrogen-bond acceptors (Lipinski definition) is 4. The molecule has 160 valence electrons. The van der Waals surface area contributed by atoms with Crippen molar-refractivity contribution in [1.29, 1.82) is 0 Å². The zero-order valence-electron chi connectivity index (χ0n) is 17.2. The maximum Gasteiger partial charge on any atom is 0.191 e. The Balaban J connectivity index is 0.00000300. The first kappa shape index (κ1) is 23.9. The van der Waals surface area contributed by atoms with Gasteiger partial charge < -0.3 is 15.5 Å². The molecular formula is C21H31FIN5S. The van der Waals surface area contributed by atoms with E-state index in [-0.39, 0.29) is 29.8 Å². The van der Waals surface area contributed by atoms with Crippen LogP contribution in [0.5, 0.6) is 0 Å². The van der Waals surface area contributed by atoms with Gasteiger partial charge in [-0.1, -0.05) is 6.07 Å². The fourth-order valence-electron chi connectivity index (χ4n) is 3.34. The number of rotatable bonds is 8. The van der Waals surface area contributed by atoms with E-state index >= 15 is 0 Å². The maximum atomic E-state index is 13.2. The van der Waals surface area contributed by atoms with Gasteiger partial charge in [-0.15, -0.1) is 35.3 Å². The Kier molecular flexibility index (Phi) is 10.1. The highest BCUT2D eigenvalue weighted by molar-refractivity contribution is 14.0. The van der Waals surface area contributed by atoms with Gasteiger partial charge in [-0.3, -0.25) is 4.99 Å². The van der Waals surface area contributed by atoms with Crippen LogP contribution in [0.15, 0.2) is 28.6 Å². The maximum absolute atomic E-state index is 13.2. The van der Waals surface area contributed by atoms with Crippen LogP contribution in [0.25, 0.3) is 0 Å². The number of aryl methyl sites for hydroxylation is 1. The fraction of sp³-hybridized carbons (Fsp3) is 0.524. The van der Waals surface area contributed by atoms with Gasteiger partial charge in [0.25, 0.3) is 0 Å². The smallest absolute Gasteiger partial charge is 0.191 e. The van der Waals surface area contributed by atoms with Gasteiger partial charge in [0.15, 0.2) is 11.1 Å². The van der Waals surface area contributed by atoms with Crippen molar-refractivity contribution < 1.29 is 4.39 Å². The molecule has 29 heavy (non-hydrogen) atoms. The first-order chi connectivity index (χ1) is 13.7. The molecule has 2 heterocycles. The summed E-state index contributed by atoms with van der Waals surface area (Å²) < 4.78 is 13.2. The molecule has 1 fully saturated rings. The highest BCUT2D eigenvalue weighted by atomic mass is 127. The van der Waals surface area contributed by atoms with Crippen molar-refractivity contribution in [2.45, 2.75) is 39.5 Å². The summed E-state index contributed by atoms with van der Waals surface area (Å²) in [5.41, 5.74) is 3.26. The van der Waals surface area contributed by atoms with Gasteiger partial charge in [-0.25, -0.2) is 9.37 Å². The molecule has 3 rings (SSSR count). The van der Waals surface area contributed by atoms with Gasteiger partial charge in [0.2, 0.25) is 0 Å². The van der Waals surface area contributed by atoms with Crippen LogP contribution < -0.4 is 15.5 Å². The standard InChI is InChI=1S/C21H30FN5S.HI/c1-3-23-20(24-10-8-17-6-7-18(22)14-16(17)2)25-11-9-19-15-28-21(26-19)27-12-4-5-13-27;/h6-7,14-15H,3-5,8-13H2,1-2H3,(H2,23,24,25);1H. The molecule has 0 unspecified atom stereocenters. The predicted molar refractivity (Wildman–Crippen MR) is 132 cm³/mol. The van der Waals surface area contributed by atoms with Gasteiger partial charge >= 0.3 is 0 Å². The van der Waals surface area contributed by atoms with Gasteiger partial charge in [0.05, 0.1) is 5.69 Å². The summed E-state index contributed by atoms with van der Waals surface area (Å²) in [5.74, 6) is 0.635. The van der Waals surface area contributed by atoms with Crippen LogP contribution in [0.4, 0.5) is 9.52 Å². The van der Waals surface area contributed by atoms with Crippen molar-refractivity contribution in [2.75, 3.05) is 37.6 Å². The molecule has 0 radical (unpaired) electrons. The molecule has 0 amide bonds. The van der Waals surface area contributed by atoms with Crippen molar-refractivity contribution in [3.63, 3.8) is 0 Å². The predicted octanol–water partition coefficient (Wildman–Crippen LogP) is 4.15. The van der Waals surface area contributed by atoms with Crippen LogP contribution >= 0.6 is 35.3 Å². The number of benzene rings is 1. The van der Waals surface area contributed by atoms with E-state index in [2.05, 4.69) is 32.8 Å². The normalized spacial score (nSPS) is 14.0. The molecule has 8 heteroatoms. The van der Waals surface area contributed by atoms with Crippen molar-refractivity contribution >= 4 is 46.4 Å². The molecule has 1 aliphatic heterocycles. The fourth-order valence-corrected chi connectivity index (χ4v) is 4.26. The second-order valence-corrected chi connectivity index (χ2v) is 7.91. The molecule has 1 saturated heterocycles. The lowest BCUT2D eigenvalue weighted by Gasteiger charge is -2.12. The summed E-state index contributed by atoms with van der Waals surface area (Å²) in [6, 6.07) is 4.96.